The third kappa shape index (κ3) is 2.90. The Kier molecular flexibility index (Phi) is 3.55. The molecule has 1 saturated carbocycles. The summed E-state index contributed by atoms with van der Waals surface area (Å²) in [6.07, 6.45) is 1.14. The lowest BCUT2D eigenvalue weighted by molar-refractivity contribution is -0.139. The quantitative estimate of drug-likeness (QED) is 0.851. The molecule has 5 nitrogen and oxygen atoms in total. The summed E-state index contributed by atoms with van der Waals surface area (Å²) in [6.45, 7) is 0. The van der Waals surface area contributed by atoms with E-state index in [1.807, 2.05) is 4.72 Å². The van der Waals surface area contributed by atoms with Gasteiger partial charge in [0.05, 0.1) is 0 Å². The van der Waals surface area contributed by atoms with E-state index < -0.39 is 38.6 Å². The van der Waals surface area contributed by atoms with Crippen LogP contribution >= 0.6 is 0 Å². The highest BCUT2D eigenvalue weighted by atomic mass is 32.2. The van der Waals surface area contributed by atoms with Crippen molar-refractivity contribution < 1.29 is 27.1 Å². The first kappa shape index (κ1) is 13.9. The van der Waals surface area contributed by atoms with Crippen LogP contribution in [0.15, 0.2) is 23.1 Å². The second-order valence-electron chi connectivity index (χ2n) is 4.33. The van der Waals surface area contributed by atoms with Gasteiger partial charge in [-0.2, -0.15) is 4.72 Å². The molecule has 0 saturated heterocycles. The van der Waals surface area contributed by atoms with Crippen LogP contribution in [0.3, 0.4) is 0 Å². The SMILES string of the molecule is O=C(O)C(NS(=O)(=O)c1c(F)cccc1F)C1CC1. The number of hydrogen-bond acceptors (Lipinski definition) is 3. The summed E-state index contributed by atoms with van der Waals surface area (Å²) < 4.78 is 52.4. The number of carboxylic acids is 1. The first-order valence-electron chi connectivity index (χ1n) is 5.52. The van der Waals surface area contributed by atoms with Gasteiger partial charge in [0.1, 0.15) is 17.7 Å². The number of benzene rings is 1. The van der Waals surface area contributed by atoms with Crippen molar-refractivity contribution in [3.63, 3.8) is 0 Å². The molecule has 19 heavy (non-hydrogen) atoms. The summed E-state index contributed by atoms with van der Waals surface area (Å²) in [5.74, 6) is -4.20. The van der Waals surface area contributed by atoms with Crippen LogP contribution in [0.5, 0.6) is 0 Å². The van der Waals surface area contributed by atoms with Gasteiger partial charge in [-0.05, 0) is 30.9 Å². The van der Waals surface area contributed by atoms with Gasteiger partial charge in [0, 0.05) is 0 Å². The minimum Gasteiger partial charge on any atom is -0.480 e. The lowest BCUT2D eigenvalue weighted by Gasteiger charge is -2.14. The number of rotatable bonds is 5. The van der Waals surface area contributed by atoms with Crippen molar-refractivity contribution in [3.8, 4) is 0 Å². The third-order valence-electron chi connectivity index (χ3n) is 2.83. The van der Waals surface area contributed by atoms with Gasteiger partial charge in [0.25, 0.3) is 0 Å². The first-order chi connectivity index (χ1) is 8.83. The van der Waals surface area contributed by atoms with E-state index in [4.69, 9.17) is 5.11 Å². The van der Waals surface area contributed by atoms with Crippen molar-refractivity contribution >= 4 is 16.0 Å². The Balaban J connectivity index is 2.34. The average molecular weight is 291 g/mol. The van der Waals surface area contributed by atoms with Crippen LogP contribution in [0.4, 0.5) is 8.78 Å². The second-order valence-corrected chi connectivity index (χ2v) is 5.98. The first-order valence-corrected chi connectivity index (χ1v) is 7.00. The van der Waals surface area contributed by atoms with Crippen LogP contribution < -0.4 is 4.72 Å². The van der Waals surface area contributed by atoms with Crippen molar-refractivity contribution in [2.24, 2.45) is 5.92 Å². The van der Waals surface area contributed by atoms with Crippen molar-refractivity contribution in [3.05, 3.63) is 29.8 Å². The van der Waals surface area contributed by atoms with Crippen LogP contribution in [0.1, 0.15) is 12.8 Å². The molecular formula is C11H11F2NO4S. The molecule has 0 radical (unpaired) electrons. The molecule has 0 spiro atoms. The fourth-order valence-electron chi connectivity index (χ4n) is 1.74. The zero-order chi connectivity index (χ0) is 14.2. The molecule has 1 aromatic carbocycles. The molecule has 8 heteroatoms. The molecule has 1 atom stereocenters. The lowest BCUT2D eigenvalue weighted by Crippen LogP contribution is -2.42. The number of aliphatic carboxylic acids is 1. The molecule has 0 aromatic heterocycles. The molecule has 1 fully saturated rings. The fraction of sp³-hybridized carbons (Fsp3) is 0.364. The van der Waals surface area contributed by atoms with E-state index in [1.54, 1.807) is 0 Å². The van der Waals surface area contributed by atoms with Crippen LogP contribution in [0.25, 0.3) is 0 Å². The van der Waals surface area contributed by atoms with Gasteiger partial charge in [-0.1, -0.05) is 6.07 Å². The van der Waals surface area contributed by atoms with Gasteiger partial charge in [0.2, 0.25) is 10.0 Å². The van der Waals surface area contributed by atoms with E-state index in [0.717, 1.165) is 18.2 Å². The zero-order valence-electron chi connectivity index (χ0n) is 9.64. The monoisotopic (exact) mass is 291 g/mol. The summed E-state index contributed by atoms with van der Waals surface area (Å²) in [5.41, 5.74) is 0. The number of carbonyl (C=O) groups is 1. The van der Waals surface area contributed by atoms with E-state index in [0.29, 0.717) is 12.8 Å². The molecular weight excluding hydrogens is 280 g/mol. The standard InChI is InChI=1S/C11H11F2NO4S/c12-7-2-1-3-8(13)10(7)19(17,18)14-9(11(15)16)6-4-5-6/h1-3,6,9,14H,4-5H2,(H,15,16). The van der Waals surface area contributed by atoms with E-state index in [9.17, 15) is 22.0 Å². The molecule has 104 valence electrons. The van der Waals surface area contributed by atoms with Gasteiger partial charge in [-0.15, -0.1) is 0 Å². The Hall–Kier alpha value is -1.54. The predicted octanol–water partition coefficient (Wildman–Crippen LogP) is 1.11. The summed E-state index contributed by atoms with van der Waals surface area (Å²) >= 11 is 0. The Labute approximate surface area is 108 Å². The Morgan fingerprint density at radius 2 is 1.84 bits per heavy atom. The van der Waals surface area contributed by atoms with Gasteiger partial charge >= 0.3 is 5.97 Å². The summed E-state index contributed by atoms with van der Waals surface area (Å²) in [4.78, 5) is 9.79. The highest BCUT2D eigenvalue weighted by Gasteiger charge is 2.40. The second kappa shape index (κ2) is 4.86. The van der Waals surface area contributed by atoms with Crippen molar-refractivity contribution in [1.29, 1.82) is 0 Å². The molecule has 0 bridgehead atoms. The Bertz CT molecular complexity index is 593. The molecule has 1 aliphatic rings. The molecule has 2 rings (SSSR count). The average Bonchev–Trinajstić information content (AvgIpc) is 3.08. The number of nitrogens with one attached hydrogen (secondary N) is 1. The van der Waals surface area contributed by atoms with Gasteiger partial charge in [-0.3, -0.25) is 4.79 Å². The summed E-state index contributed by atoms with van der Waals surface area (Å²) in [6, 6.07) is 1.26. The smallest absolute Gasteiger partial charge is 0.322 e. The molecule has 0 amide bonds. The van der Waals surface area contributed by atoms with E-state index in [-0.39, 0.29) is 5.92 Å². The zero-order valence-corrected chi connectivity index (χ0v) is 10.5. The molecule has 0 heterocycles. The highest BCUT2D eigenvalue weighted by Crippen LogP contribution is 2.33. The molecule has 1 aromatic rings. The van der Waals surface area contributed by atoms with Crippen LogP contribution in [-0.4, -0.2) is 25.5 Å². The van der Waals surface area contributed by atoms with Crippen molar-refractivity contribution in [2.45, 2.75) is 23.8 Å². The van der Waals surface area contributed by atoms with E-state index >= 15 is 0 Å². The number of halogens is 2. The molecule has 0 aliphatic heterocycles. The minimum absolute atomic E-state index is 0.331. The Morgan fingerprint density at radius 3 is 2.26 bits per heavy atom. The van der Waals surface area contributed by atoms with E-state index in [1.165, 1.54) is 0 Å². The maximum absolute atomic E-state index is 13.4. The van der Waals surface area contributed by atoms with Crippen LogP contribution in [-0.2, 0) is 14.8 Å². The van der Waals surface area contributed by atoms with E-state index in [2.05, 4.69) is 0 Å². The topological polar surface area (TPSA) is 83.5 Å². The lowest BCUT2D eigenvalue weighted by atomic mass is 10.2. The Morgan fingerprint density at radius 1 is 1.32 bits per heavy atom. The molecule has 1 unspecified atom stereocenters. The van der Waals surface area contributed by atoms with Crippen molar-refractivity contribution in [2.75, 3.05) is 0 Å². The summed E-state index contributed by atoms with van der Waals surface area (Å²) in [7, 11) is -4.55. The fourth-order valence-corrected chi connectivity index (χ4v) is 3.14. The molecule has 2 N–H and O–H groups in total. The number of sulfonamides is 1. The number of hydrogen-bond donors (Lipinski definition) is 2. The largest absolute Gasteiger partial charge is 0.480 e. The van der Waals surface area contributed by atoms with Gasteiger partial charge in [-0.25, -0.2) is 17.2 Å². The maximum atomic E-state index is 13.4. The van der Waals surface area contributed by atoms with Crippen molar-refractivity contribution in [1.82, 2.24) is 4.72 Å². The highest BCUT2D eigenvalue weighted by molar-refractivity contribution is 7.89. The number of carboxylic acid groups (broad SMARTS) is 1. The minimum atomic E-state index is -4.55. The maximum Gasteiger partial charge on any atom is 0.322 e. The van der Waals surface area contributed by atoms with Gasteiger partial charge < -0.3 is 5.11 Å². The van der Waals surface area contributed by atoms with Crippen LogP contribution in [0.2, 0.25) is 0 Å². The third-order valence-corrected chi connectivity index (χ3v) is 4.32. The van der Waals surface area contributed by atoms with Crippen LogP contribution in [0, 0.1) is 17.6 Å². The normalized spacial score (nSPS) is 17.2. The molecule has 1 aliphatic carbocycles. The van der Waals surface area contributed by atoms with Gasteiger partial charge in [0.15, 0.2) is 4.90 Å². The predicted molar refractivity (Wildman–Crippen MR) is 60.8 cm³/mol. The summed E-state index contributed by atoms with van der Waals surface area (Å²) in [5, 5.41) is 8.92.